The average Bonchev–Trinajstić information content (AvgIpc) is 3.00. The van der Waals surface area contributed by atoms with Crippen LogP contribution in [-0.2, 0) is 16.6 Å². The zero-order chi connectivity index (χ0) is 23.7. The number of aliphatic hydroxyl groups is 1. The number of carbonyl (C=O) groups is 2. The Labute approximate surface area is 188 Å². The Bertz CT molecular complexity index is 1040. The number of hydrogen-bond donors (Lipinski definition) is 3. The van der Waals surface area contributed by atoms with Crippen LogP contribution in [0.25, 0.3) is 0 Å². The van der Waals surface area contributed by atoms with Gasteiger partial charge in [0.25, 0.3) is 11.8 Å². The Hall–Kier alpha value is -2.62. The number of hydrogen-bond acceptors (Lipinski definition) is 4. The van der Waals surface area contributed by atoms with Crippen LogP contribution in [0.4, 0.5) is 18.9 Å². The van der Waals surface area contributed by atoms with Crippen molar-refractivity contribution in [2.75, 3.05) is 31.5 Å². The molecule has 1 atom stereocenters. The summed E-state index contributed by atoms with van der Waals surface area (Å²) in [4.78, 5) is 27.3. The van der Waals surface area contributed by atoms with Crippen molar-refractivity contribution < 1.29 is 27.9 Å². The van der Waals surface area contributed by atoms with Crippen molar-refractivity contribution in [2.45, 2.75) is 25.6 Å². The molecule has 32 heavy (non-hydrogen) atoms. The van der Waals surface area contributed by atoms with Crippen molar-refractivity contribution in [2.24, 2.45) is 0 Å². The summed E-state index contributed by atoms with van der Waals surface area (Å²) < 4.78 is 42.0. The van der Waals surface area contributed by atoms with E-state index in [-0.39, 0.29) is 28.4 Å². The summed E-state index contributed by atoms with van der Waals surface area (Å²) in [5, 5.41) is 16.0. The molecule has 0 unspecified atom stereocenters. The molecule has 3 rings (SSSR count). The van der Waals surface area contributed by atoms with E-state index in [4.69, 9.17) is 11.6 Å². The lowest BCUT2D eigenvalue weighted by atomic mass is 9.83. The van der Waals surface area contributed by atoms with E-state index in [0.29, 0.717) is 12.6 Å². The highest BCUT2D eigenvalue weighted by Gasteiger charge is 2.53. The molecule has 0 bridgehead atoms. The van der Waals surface area contributed by atoms with Gasteiger partial charge in [-0.15, -0.1) is 0 Å². The van der Waals surface area contributed by atoms with E-state index in [0.717, 1.165) is 19.2 Å². The van der Waals surface area contributed by atoms with Crippen LogP contribution in [0.1, 0.15) is 40.9 Å². The first-order valence-electron chi connectivity index (χ1n) is 10.1. The largest absolute Gasteiger partial charge is 0.416 e. The summed E-state index contributed by atoms with van der Waals surface area (Å²) in [6, 6.07) is 7.41. The maximum Gasteiger partial charge on any atom is 0.416 e. The predicted molar refractivity (Wildman–Crippen MR) is 115 cm³/mol. The van der Waals surface area contributed by atoms with E-state index in [2.05, 4.69) is 10.6 Å². The quantitative estimate of drug-likeness (QED) is 0.578. The van der Waals surface area contributed by atoms with Crippen LogP contribution in [0.2, 0.25) is 5.02 Å². The fourth-order valence-electron chi connectivity index (χ4n) is 3.79. The second-order valence-electron chi connectivity index (χ2n) is 7.37. The van der Waals surface area contributed by atoms with Crippen molar-refractivity contribution >= 4 is 29.1 Å². The van der Waals surface area contributed by atoms with Gasteiger partial charge in [-0.3, -0.25) is 9.59 Å². The molecule has 0 aromatic heterocycles. The van der Waals surface area contributed by atoms with E-state index >= 15 is 0 Å². The molecule has 0 fully saturated rings. The number of carbonyl (C=O) groups excluding carboxylic acids is 2. The fraction of sp³-hybridized carbons (Fsp3) is 0.364. The summed E-state index contributed by atoms with van der Waals surface area (Å²) in [5.41, 5.74) is -5.37. The molecule has 1 aliphatic heterocycles. The molecule has 6 nitrogen and oxygen atoms in total. The molecule has 0 aliphatic carbocycles. The van der Waals surface area contributed by atoms with Crippen LogP contribution < -0.4 is 10.6 Å². The highest BCUT2D eigenvalue weighted by molar-refractivity contribution is 6.32. The molecular formula is C22H23ClF3N3O3. The normalized spacial score (nSPS) is 17.9. The van der Waals surface area contributed by atoms with Crippen LogP contribution in [0.3, 0.4) is 0 Å². The number of nitrogens with one attached hydrogen (secondary N) is 2. The highest BCUT2D eigenvalue weighted by Crippen LogP contribution is 2.49. The lowest BCUT2D eigenvalue weighted by Gasteiger charge is -2.25. The van der Waals surface area contributed by atoms with E-state index in [1.165, 1.54) is 24.3 Å². The Morgan fingerprint density at radius 1 is 1.22 bits per heavy atom. The minimum atomic E-state index is -4.94. The first-order valence-corrected chi connectivity index (χ1v) is 10.5. The number of alkyl halides is 3. The molecule has 1 heterocycles. The molecule has 172 valence electrons. The smallest absolute Gasteiger partial charge is 0.372 e. The summed E-state index contributed by atoms with van der Waals surface area (Å²) in [6.07, 6.45) is -4.94. The second kappa shape index (κ2) is 9.09. The summed E-state index contributed by atoms with van der Waals surface area (Å²) >= 11 is 6.09. The molecule has 2 amide bonds. The van der Waals surface area contributed by atoms with Gasteiger partial charge in [0.2, 0.25) is 0 Å². The second-order valence-corrected chi connectivity index (χ2v) is 7.78. The van der Waals surface area contributed by atoms with Gasteiger partial charge < -0.3 is 20.6 Å². The third-order valence-electron chi connectivity index (χ3n) is 5.52. The molecule has 0 spiro atoms. The van der Waals surface area contributed by atoms with Crippen LogP contribution in [0.15, 0.2) is 36.4 Å². The van der Waals surface area contributed by atoms with E-state index in [1.54, 1.807) is 0 Å². The lowest BCUT2D eigenvalue weighted by Crippen LogP contribution is -2.37. The molecular weight excluding hydrogens is 447 g/mol. The Kier molecular flexibility index (Phi) is 6.83. The standard InChI is InChI=1S/C22H23ClF3N3O3/c1-3-29(4-2)10-9-27-19(30)13-11-15(22(24,25)26)18-17(12-13)28-20(31)21(18,32)14-7-5-6-8-16(14)23/h5-8,11-12,32H,3-4,9-10H2,1-2H3,(H,27,30)(H,28,31)/t21-/m1/s1. The van der Waals surface area contributed by atoms with Gasteiger partial charge in [0.1, 0.15) is 0 Å². The fourth-order valence-corrected chi connectivity index (χ4v) is 4.06. The average molecular weight is 470 g/mol. The lowest BCUT2D eigenvalue weighted by molar-refractivity contribution is -0.141. The first-order chi connectivity index (χ1) is 15.0. The number of nitrogens with zero attached hydrogens (tertiary/aromatic N) is 1. The number of anilines is 1. The van der Waals surface area contributed by atoms with Crippen LogP contribution in [0.5, 0.6) is 0 Å². The van der Waals surface area contributed by atoms with Crippen molar-refractivity contribution in [1.82, 2.24) is 10.2 Å². The van der Waals surface area contributed by atoms with Gasteiger partial charge in [0.05, 0.1) is 5.56 Å². The maximum atomic E-state index is 14.0. The van der Waals surface area contributed by atoms with Crippen molar-refractivity contribution in [3.8, 4) is 0 Å². The molecule has 2 aromatic rings. The SMILES string of the molecule is CCN(CC)CCNC(=O)c1cc2c(c(C(F)(F)F)c1)[C@](O)(c1ccccc1Cl)C(=O)N2. The summed E-state index contributed by atoms with van der Waals surface area (Å²) in [6.45, 7) is 6.26. The van der Waals surface area contributed by atoms with Crippen LogP contribution in [0, 0.1) is 0 Å². The number of rotatable bonds is 7. The van der Waals surface area contributed by atoms with E-state index in [1.807, 2.05) is 18.7 Å². The topological polar surface area (TPSA) is 81.7 Å². The Balaban J connectivity index is 2.04. The zero-order valence-corrected chi connectivity index (χ0v) is 18.3. The Morgan fingerprint density at radius 2 is 1.88 bits per heavy atom. The molecule has 10 heteroatoms. The number of halogens is 4. The monoisotopic (exact) mass is 469 g/mol. The van der Waals surface area contributed by atoms with Crippen LogP contribution in [-0.4, -0.2) is 48.0 Å². The molecule has 0 saturated heterocycles. The molecule has 2 aromatic carbocycles. The zero-order valence-electron chi connectivity index (χ0n) is 17.5. The number of fused-ring (bicyclic) bond motifs is 1. The molecule has 0 radical (unpaired) electrons. The third-order valence-corrected chi connectivity index (χ3v) is 5.85. The van der Waals surface area contributed by atoms with E-state index < -0.39 is 34.7 Å². The van der Waals surface area contributed by atoms with Crippen molar-refractivity contribution in [1.29, 1.82) is 0 Å². The predicted octanol–water partition coefficient (Wildman–Crippen LogP) is 3.62. The van der Waals surface area contributed by atoms with Crippen molar-refractivity contribution in [3.05, 3.63) is 63.7 Å². The van der Waals surface area contributed by atoms with Gasteiger partial charge in [-0.05, 0) is 31.3 Å². The molecule has 3 N–H and O–H groups in total. The maximum absolute atomic E-state index is 14.0. The minimum Gasteiger partial charge on any atom is -0.372 e. The van der Waals surface area contributed by atoms with Crippen LogP contribution >= 0.6 is 11.6 Å². The van der Waals surface area contributed by atoms with Gasteiger partial charge in [0, 0.05) is 40.5 Å². The van der Waals surface area contributed by atoms with E-state index in [9.17, 15) is 27.9 Å². The van der Waals surface area contributed by atoms with Gasteiger partial charge >= 0.3 is 6.18 Å². The van der Waals surface area contributed by atoms with Gasteiger partial charge in [-0.25, -0.2) is 0 Å². The van der Waals surface area contributed by atoms with Gasteiger partial charge in [-0.1, -0.05) is 43.6 Å². The van der Waals surface area contributed by atoms with Gasteiger partial charge in [0.15, 0.2) is 5.60 Å². The van der Waals surface area contributed by atoms with Gasteiger partial charge in [-0.2, -0.15) is 13.2 Å². The highest BCUT2D eigenvalue weighted by atomic mass is 35.5. The van der Waals surface area contributed by atoms with Crippen molar-refractivity contribution in [3.63, 3.8) is 0 Å². The number of benzene rings is 2. The third kappa shape index (κ3) is 4.32. The number of likely N-dealkylation sites (N-methyl/N-ethyl adjacent to an activating group) is 1. The molecule has 0 saturated carbocycles. The summed E-state index contributed by atoms with van der Waals surface area (Å²) in [7, 11) is 0. The Morgan fingerprint density at radius 3 is 2.47 bits per heavy atom. The minimum absolute atomic E-state index is 0.0654. The first kappa shape index (κ1) is 24.0. The molecule has 1 aliphatic rings. The number of amides is 2. The summed E-state index contributed by atoms with van der Waals surface area (Å²) in [5.74, 6) is -1.79.